The Morgan fingerprint density at radius 3 is 2.59 bits per heavy atom. The van der Waals surface area contributed by atoms with Gasteiger partial charge in [0.15, 0.2) is 0 Å². The fourth-order valence-electron chi connectivity index (χ4n) is 1.70. The Balaban J connectivity index is 2.88. The number of hydrogen-bond donors (Lipinski definition) is 2. The molecule has 0 aromatic heterocycles. The molecular formula is C16H18N4O2. The van der Waals surface area contributed by atoms with Crippen molar-refractivity contribution in [2.24, 2.45) is 5.92 Å². The molecule has 0 aliphatic rings. The number of nitrogens with one attached hydrogen (secondary N) is 2. The quantitative estimate of drug-likeness (QED) is 0.787. The van der Waals surface area contributed by atoms with Crippen LogP contribution in [0.2, 0.25) is 0 Å². The number of nitrogens with zero attached hydrogens (tertiary/aromatic N) is 2. The van der Waals surface area contributed by atoms with Gasteiger partial charge in [-0.3, -0.25) is 4.79 Å². The van der Waals surface area contributed by atoms with Crippen molar-refractivity contribution in [3.63, 3.8) is 0 Å². The Bertz CT molecular complexity index is 635. The lowest BCUT2D eigenvalue weighted by atomic mass is 10.1. The molecule has 0 saturated heterocycles. The summed E-state index contributed by atoms with van der Waals surface area (Å²) in [6.45, 7) is 3.94. The number of benzene rings is 1. The molecule has 22 heavy (non-hydrogen) atoms. The van der Waals surface area contributed by atoms with Gasteiger partial charge in [0.25, 0.3) is 0 Å². The smallest absolute Gasteiger partial charge is 0.224 e. The number of ether oxygens (including phenoxy) is 1. The molecule has 6 nitrogen and oxygen atoms in total. The Kier molecular flexibility index (Phi) is 6.46. The summed E-state index contributed by atoms with van der Waals surface area (Å²) < 4.78 is 5.25. The normalized spacial score (nSPS) is 9.36. The van der Waals surface area contributed by atoms with Gasteiger partial charge in [0.05, 0.1) is 12.8 Å². The number of hydrogen-bond acceptors (Lipinski definition) is 5. The Morgan fingerprint density at radius 1 is 1.36 bits per heavy atom. The van der Waals surface area contributed by atoms with Crippen LogP contribution in [0.25, 0.3) is 0 Å². The van der Waals surface area contributed by atoms with Crippen molar-refractivity contribution >= 4 is 17.3 Å². The number of allylic oxidation sites excluding steroid dienone is 1. The van der Waals surface area contributed by atoms with Gasteiger partial charge < -0.3 is 15.4 Å². The first-order chi connectivity index (χ1) is 10.5. The highest BCUT2D eigenvalue weighted by molar-refractivity contribution is 5.92. The Morgan fingerprint density at radius 2 is 2.05 bits per heavy atom. The second-order valence-corrected chi connectivity index (χ2v) is 4.99. The van der Waals surface area contributed by atoms with E-state index in [2.05, 4.69) is 10.6 Å². The van der Waals surface area contributed by atoms with E-state index in [1.54, 1.807) is 30.3 Å². The largest absolute Gasteiger partial charge is 0.494 e. The molecule has 0 atom stereocenters. The molecule has 0 fully saturated rings. The minimum Gasteiger partial charge on any atom is -0.494 e. The van der Waals surface area contributed by atoms with E-state index in [-0.39, 0.29) is 17.4 Å². The molecule has 2 N–H and O–H groups in total. The van der Waals surface area contributed by atoms with Gasteiger partial charge in [-0.05, 0) is 18.1 Å². The molecule has 1 aromatic rings. The van der Waals surface area contributed by atoms with Crippen molar-refractivity contribution in [1.29, 1.82) is 10.5 Å². The summed E-state index contributed by atoms with van der Waals surface area (Å²) in [6.07, 6.45) is 1.74. The molecule has 0 aliphatic carbocycles. The van der Waals surface area contributed by atoms with Crippen molar-refractivity contribution in [2.45, 2.75) is 20.3 Å². The van der Waals surface area contributed by atoms with Gasteiger partial charge in [-0.15, -0.1) is 0 Å². The van der Waals surface area contributed by atoms with Gasteiger partial charge in [0.1, 0.15) is 23.5 Å². The molecular weight excluding hydrogens is 280 g/mol. The molecule has 0 bridgehead atoms. The van der Waals surface area contributed by atoms with Crippen LogP contribution in [0.3, 0.4) is 0 Å². The third-order valence-electron chi connectivity index (χ3n) is 2.69. The third-order valence-corrected chi connectivity index (χ3v) is 2.69. The van der Waals surface area contributed by atoms with Gasteiger partial charge in [0.2, 0.25) is 5.91 Å². The Hall–Kier alpha value is -2.99. The van der Waals surface area contributed by atoms with E-state index in [0.29, 0.717) is 23.5 Å². The van der Waals surface area contributed by atoms with Crippen LogP contribution in [-0.2, 0) is 4.79 Å². The lowest BCUT2D eigenvalue weighted by Crippen LogP contribution is -2.14. The van der Waals surface area contributed by atoms with Crippen LogP contribution in [0.4, 0.5) is 11.4 Å². The van der Waals surface area contributed by atoms with Crippen LogP contribution in [0, 0.1) is 28.6 Å². The van der Waals surface area contributed by atoms with Crippen LogP contribution in [0.5, 0.6) is 5.75 Å². The van der Waals surface area contributed by atoms with Crippen LogP contribution in [0.1, 0.15) is 20.3 Å². The van der Waals surface area contributed by atoms with E-state index in [4.69, 9.17) is 15.3 Å². The van der Waals surface area contributed by atoms with Gasteiger partial charge in [-0.2, -0.15) is 10.5 Å². The molecule has 0 radical (unpaired) electrons. The van der Waals surface area contributed by atoms with E-state index in [1.165, 1.54) is 13.3 Å². The number of rotatable bonds is 6. The average molecular weight is 298 g/mol. The monoisotopic (exact) mass is 298 g/mol. The Labute approximate surface area is 130 Å². The number of amides is 1. The highest BCUT2D eigenvalue weighted by atomic mass is 16.5. The second-order valence-electron chi connectivity index (χ2n) is 4.99. The van der Waals surface area contributed by atoms with E-state index in [1.807, 2.05) is 13.8 Å². The molecule has 0 saturated carbocycles. The number of anilines is 2. The number of carbonyl (C=O) groups is 1. The van der Waals surface area contributed by atoms with Crippen molar-refractivity contribution in [3.05, 3.63) is 30.0 Å². The topological polar surface area (TPSA) is 97.9 Å². The molecule has 1 aromatic carbocycles. The minimum atomic E-state index is -0.0786. The summed E-state index contributed by atoms with van der Waals surface area (Å²) >= 11 is 0. The molecule has 0 spiro atoms. The van der Waals surface area contributed by atoms with Gasteiger partial charge >= 0.3 is 0 Å². The van der Waals surface area contributed by atoms with Crippen LogP contribution < -0.4 is 15.4 Å². The zero-order chi connectivity index (χ0) is 16.5. The molecule has 1 amide bonds. The lowest BCUT2D eigenvalue weighted by molar-refractivity contribution is -0.116. The van der Waals surface area contributed by atoms with Crippen molar-refractivity contribution < 1.29 is 9.53 Å². The standard InChI is InChI=1S/C16H18N4O2/c1-11(2)6-16(21)20-14-5-4-13(7-15(14)22-3)19-10-12(8-17)9-18/h4-5,7,10-11,19H,6H2,1-3H3,(H,20,21). The van der Waals surface area contributed by atoms with Crippen molar-refractivity contribution in [3.8, 4) is 17.9 Å². The summed E-state index contributed by atoms with van der Waals surface area (Å²) in [5, 5.41) is 23.0. The van der Waals surface area contributed by atoms with Gasteiger partial charge in [-0.1, -0.05) is 13.8 Å². The lowest BCUT2D eigenvalue weighted by Gasteiger charge is -2.12. The molecule has 0 aliphatic heterocycles. The SMILES string of the molecule is COc1cc(NC=C(C#N)C#N)ccc1NC(=O)CC(C)C. The number of carbonyl (C=O) groups excluding carboxylic acids is 1. The zero-order valence-corrected chi connectivity index (χ0v) is 12.8. The summed E-state index contributed by atoms with van der Waals surface area (Å²) in [6, 6.07) is 8.60. The highest BCUT2D eigenvalue weighted by Crippen LogP contribution is 2.28. The van der Waals surface area contributed by atoms with E-state index in [0.717, 1.165) is 0 Å². The fourth-order valence-corrected chi connectivity index (χ4v) is 1.70. The van der Waals surface area contributed by atoms with Crippen molar-refractivity contribution in [1.82, 2.24) is 0 Å². The number of nitriles is 2. The van der Waals surface area contributed by atoms with E-state index >= 15 is 0 Å². The fraction of sp³-hybridized carbons (Fsp3) is 0.312. The summed E-state index contributed by atoms with van der Waals surface area (Å²) in [4.78, 5) is 11.8. The molecule has 6 heteroatoms. The molecule has 114 valence electrons. The average Bonchev–Trinajstić information content (AvgIpc) is 2.48. The molecule has 1 rings (SSSR count). The third kappa shape index (κ3) is 5.18. The maximum Gasteiger partial charge on any atom is 0.224 e. The number of methoxy groups -OCH3 is 1. The van der Waals surface area contributed by atoms with Gasteiger partial charge in [-0.25, -0.2) is 0 Å². The first kappa shape index (κ1) is 17.1. The van der Waals surface area contributed by atoms with Crippen LogP contribution in [-0.4, -0.2) is 13.0 Å². The summed E-state index contributed by atoms with van der Waals surface area (Å²) in [5.41, 5.74) is 1.18. The molecule has 0 heterocycles. The van der Waals surface area contributed by atoms with Crippen LogP contribution in [0.15, 0.2) is 30.0 Å². The van der Waals surface area contributed by atoms with Crippen molar-refractivity contribution in [2.75, 3.05) is 17.7 Å². The molecule has 0 unspecified atom stereocenters. The zero-order valence-electron chi connectivity index (χ0n) is 12.8. The second kappa shape index (κ2) is 8.33. The predicted octanol–water partition coefficient (Wildman–Crippen LogP) is 3.02. The maximum absolute atomic E-state index is 11.8. The summed E-state index contributed by atoms with van der Waals surface area (Å²) in [7, 11) is 1.50. The predicted molar refractivity (Wildman–Crippen MR) is 84.0 cm³/mol. The first-order valence-electron chi connectivity index (χ1n) is 6.75. The summed E-state index contributed by atoms with van der Waals surface area (Å²) in [5.74, 6) is 0.684. The minimum absolute atomic E-state index is 0.0340. The maximum atomic E-state index is 11.8. The van der Waals surface area contributed by atoms with Gasteiger partial charge in [0, 0.05) is 24.4 Å². The first-order valence-corrected chi connectivity index (χ1v) is 6.75. The van der Waals surface area contributed by atoms with E-state index in [9.17, 15) is 4.79 Å². The highest BCUT2D eigenvalue weighted by Gasteiger charge is 2.09. The van der Waals surface area contributed by atoms with Crippen LogP contribution >= 0.6 is 0 Å². The van der Waals surface area contributed by atoms with E-state index < -0.39 is 0 Å².